The Bertz CT molecular complexity index is 535. The number of aromatic amines is 1. The topological polar surface area (TPSA) is 77.2 Å². The van der Waals surface area contributed by atoms with E-state index in [4.69, 9.17) is 0 Å². The third-order valence-electron chi connectivity index (χ3n) is 3.68. The maximum Gasteiger partial charge on any atom is 0.242 e. The molecule has 1 aliphatic heterocycles. The quantitative estimate of drug-likeness (QED) is 0.666. The van der Waals surface area contributed by atoms with Crippen LogP contribution in [0.2, 0.25) is 0 Å². The van der Waals surface area contributed by atoms with Gasteiger partial charge in [-0.05, 0) is 45.5 Å². The lowest BCUT2D eigenvalue weighted by molar-refractivity contribution is 0.313. The zero-order valence-electron chi connectivity index (χ0n) is 12.9. The summed E-state index contributed by atoms with van der Waals surface area (Å²) in [7, 11) is -3.44. The summed E-state index contributed by atoms with van der Waals surface area (Å²) in [6.07, 6.45) is 3.98. The largest absolute Gasteiger partial charge is 0.363 e. The van der Waals surface area contributed by atoms with Crippen LogP contribution in [0.5, 0.6) is 0 Å². The van der Waals surface area contributed by atoms with E-state index in [1.165, 1.54) is 12.8 Å². The molecule has 1 saturated heterocycles. The summed E-state index contributed by atoms with van der Waals surface area (Å²) in [6.45, 7) is 8.35. The van der Waals surface area contributed by atoms with E-state index in [1.54, 1.807) is 12.3 Å². The number of likely N-dealkylation sites (tertiary alicyclic amines) is 1. The molecule has 1 atom stereocenters. The van der Waals surface area contributed by atoms with Crippen LogP contribution in [0.4, 0.5) is 0 Å². The fourth-order valence-electron chi connectivity index (χ4n) is 2.66. The maximum absolute atomic E-state index is 12.3. The lowest BCUT2D eigenvalue weighted by Crippen LogP contribution is -2.40. The normalized spacial score (nSPS) is 18.2. The Morgan fingerprint density at radius 2 is 2.10 bits per heavy atom. The first kappa shape index (κ1) is 16.5. The van der Waals surface area contributed by atoms with Crippen LogP contribution in [0.3, 0.4) is 0 Å². The van der Waals surface area contributed by atoms with Crippen molar-refractivity contribution in [2.45, 2.75) is 44.2 Å². The van der Waals surface area contributed by atoms with Crippen molar-refractivity contribution < 1.29 is 8.42 Å². The van der Waals surface area contributed by atoms with E-state index in [9.17, 15) is 8.42 Å². The molecule has 1 unspecified atom stereocenters. The monoisotopic (exact) mass is 314 g/mol. The minimum absolute atomic E-state index is 0.0831. The lowest BCUT2D eigenvalue weighted by atomic mass is 10.3. The van der Waals surface area contributed by atoms with E-state index in [2.05, 4.69) is 19.9 Å². The first-order valence-electron chi connectivity index (χ1n) is 7.64. The molecule has 1 aromatic heterocycles. The van der Waals surface area contributed by atoms with Crippen molar-refractivity contribution >= 4 is 10.0 Å². The van der Waals surface area contributed by atoms with Crippen molar-refractivity contribution in [3.8, 4) is 0 Å². The van der Waals surface area contributed by atoms with Gasteiger partial charge in [-0.15, -0.1) is 0 Å². The number of nitrogens with zero attached hydrogens (tertiary/aromatic N) is 1. The Labute approximate surface area is 127 Å². The smallest absolute Gasteiger partial charge is 0.242 e. The second-order valence-electron chi connectivity index (χ2n) is 5.67. The van der Waals surface area contributed by atoms with Crippen molar-refractivity contribution in [2.24, 2.45) is 0 Å². The van der Waals surface area contributed by atoms with Crippen LogP contribution in [0, 0.1) is 0 Å². The summed E-state index contributed by atoms with van der Waals surface area (Å²) < 4.78 is 27.4. The predicted octanol–water partition coefficient (Wildman–Crippen LogP) is 0.887. The Morgan fingerprint density at radius 1 is 1.38 bits per heavy atom. The molecule has 21 heavy (non-hydrogen) atoms. The fraction of sp³-hybridized carbons (Fsp3) is 0.714. The summed E-state index contributed by atoms with van der Waals surface area (Å²) in [4.78, 5) is 5.62. The molecule has 0 saturated carbocycles. The molecule has 2 rings (SSSR count). The zero-order chi connectivity index (χ0) is 15.3. The van der Waals surface area contributed by atoms with E-state index < -0.39 is 10.0 Å². The molecule has 0 radical (unpaired) electrons. The van der Waals surface area contributed by atoms with E-state index >= 15 is 0 Å². The van der Waals surface area contributed by atoms with Crippen LogP contribution in [-0.2, 0) is 16.6 Å². The maximum atomic E-state index is 12.3. The molecule has 3 N–H and O–H groups in total. The molecule has 6 nitrogen and oxygen atoms in total. The first-order valence-corrected chi connectivity index (χ1v) is 9.12. The summed E-state index contributed by atoms with van der Waals surface area (Å²) >= 11 is 0. The van der Waals surface area contributed by atoms with Gasteiger partial charge in [0.05, 0.1) is 4.90 Å². The molecular formula is C14H26N4O2S. The van der Waals surface area contributed by atoms with Crippen LogP contribution in [0.1, 0.15) is 32.4 Å². The second-order valence-corrected chi connectivity index (χ2v) is 7.38. The number of hydrogen-bond donors (Lipinski definition) is 3. The SMILES string of the molecule is CCNCc1cc(S(=O)(=O)NC(C)CN2CCCC2)c[nH]1. The van der Waals surface area contributed by atoms with Gasteiger partial charge in [0.15, 0.2) is 0 Å². The van der Waals surface area contributed by atoms with Crippen LogP contribution in [0.15, 0.2) is 17.2 Å². The summed E-state index contributed by atoms with van der Waals surface area (Å²) in [6, 6.07) is 1.60. The van der Waals surface area contributed by atoms with Gasteiger partial charge in [0.25, 0.3) is 0 Å². The standard InChI is InChI=1S/C14H26N4O2S/c1-3-15-9-13-8-14(10-16-13)21(19,20)17-12(2)11-18-6-4-5-7-18/h8,10,12,15-17H,3-7,9,11H2,1-2H3. The van der Waals surface area contributed by atoms with Crippen molar-refractivity contribution in [2.75, 3.05) is 26.2 Å². The van der Waals surface area contributed by atoms with E-state index in [0.717, 1.165) is 31.9 Å². The van der Waals surface area contributed by atoms with E-state index in [1.807, 2.05) is 13.8 Å². The van der Waals surface area contributed by atoms with Gasteiger partial charge < -0.3 is 15.2 Å². The van der Waals surface area contributed by atoms with Crippen LogP contribution in [-0.4, -0.2) is 50.5 Å². The minimum atomic E-state index is -3.44. The molecular weight excluding hydrogens is 288 g/mol. The van der Waals surface area contributed by atoms with Gasteiger partial charge in [-0.2, -0.15) is 0 Å². The highest BCUT2D eigenvalue weighted by Gasteiger charge is 2.21. The number of H-pyrrole nitrogens is 1. The molecule has 0 spiro atoms. The van der Waals surface area contributed by atoms with Crippen molar-refractivity contribution in [1.82, 2.24) is 19.9 Å². The van der Waals surface area contributed by atoms with E-state index in [0.29, 0.717) is 11.4 Å². The Balaban J connectivity index is 1.92. The van der Waals surface area contributed by atoms with Crippen molar-refractivity contribution in [3.63, 3.8) is 0 Å². The average molecular weight is 314 g/mol. The first-order chi connectivity index (χ1) is 10.0. The highest BCUT2D eigenvalue weighted by atomic mass is 32.2. The molecule has 1 fully saturated rings. The Morgan fingerprint density at radius 3 is 2.76 bits per heavy atom. The van der Waals surface area contributed by atoms with Crippen molar-refractivity contribution in [3.05, 3.63) is 18.0 Å². The van der Waals surface area contributed by atoms with Gasteiger partial charge in [-0.3, -0.25) is 0 Å². The highest BCUT2D eigenvalue weighted by Crippen LogP contribution is 2.12. The summed E-state index contributed by atoms with van der Waals surface area (Å²) in [5.74, 6) is 0. The van der Waals surface area contributed by atoms with Crippen LogP contribution in [0.25, 0.3) is 0 Å². The zero-order valence-corrected chi connectivity index (χ0v) is 13.7. The summed E-state index contributed by atoms with van der Waals surface area (Å²) in [5, 5.41) is 3.17. The third-order valence-corrected chi connectivity index (χ3v) is 5.25. The third kappa shape index (κ3) is 4.81. The second kappa shape index (κ2) is 7.40. The Kier molecular flexibility index (Phi) is 5.80. The van der Waals surface area contributed by atoms with Crippen molar-refractivity contribution in [1.29, 1.82) is 0 Å². The minimum Gasteiger partial charge on any atom is -0.363 e. The Hall–Kier alpha value is -0.890. The molecule has 0 bridgehead atoms. The molecule has 0 aromatic carbocycles. The number of nitrogens with one attached hydrogen (secondary N) is 3. The van der Waals surface area contributed by atoms with Gasteiger partial charge in [-0.1, -0.05) is 6.92 Å². The number of aromatic nitrogens is 1. The van der Waals surface area contributed by atoms with Crippen LogP contribution >= 0.6 is 0 Å². The number of rotatable bonds is 8. The number of sulfonamides is 1. The average Bonchev–Trinajstić information content (AvgIpc) is 3.06. The molecule has 1 aliphatic rings. The summed E-state index contributed by atoms with van der Waals surface area (Å²) in [5.41, 5.74) is 0.879. The fourth-order valence-corrected chi connectivity index (χ4v) is 3.91. The van der Waals surface area contributed by atoms with Gasteiger partial charge in [-0.25, -0.2) is 13.1 Å². The predicted molar refractivity (Wildman–Crippen MR) is 83.6 cm³/mol. The lowest BCUT2D eigenvalue weighted by Gasteiger charge is -2.20. The number of hydrogen-bond acceptors (Lipinski definition) is 4. The van der Waals surface area contributed by atoms with Crippen LogP contribution < -0.4 is 10.0 Å². The molecule has 0 aliphatic carbocycles. The molecule has 120 valence electrons. The molecule has 7 heteroatoms. The molecule has 1 aromatic rings. The van der Waals surface area contributed by atoms with Gasteiger partial charge in [0, 0.05) is 31.0 Å². The van der Waals surface area contributed by atoms with Gasteiger partial charge in [0.2, 0.25) is 10.0 Å². The molecule has 2 heterocycles. The molecule has 0 amide bonds. The highest BCUT2D eigenvalue weighted by molar-refractivity contribution is 7.89. The van der Waals surface area contributed by atoms with Gasteiger partial charge >= 0.3 is 0 Å². The van der Waals surface area contributed by atoms with Gasteiger partial charge in [0.1, 0.15) is 0 Å². The van der Waals surface area contributed by atoms with E-state index in [-0.39, 0.29) is 6.04 Å².